The summed E-state index contributed by atoms with van der Waals surface area (Å²) in [5, 5.41) is 0. The number of allylic oxidation sites excluding steroid dienone is 2. The molecular formula is C32H44N2Ni. The van der Waals surface area contributed by atoms with E-state index in [4.69, 9.17) is 0 Å². The van der Waals surface area contributed by atoms with Gasteiger partial charge in [0, 0.05) is 39.3 Å². The second kappa shape index (κ2) is 15.9. The Balaban J connectivity index is 0.00000432. The van der Waals surface area contributed by atoms with Crippen LogP contribution < -0.4 is 0 Å². The topological polar surface area (TPSA) is 25.3 Å². The van der Waals surface area contributed by atoms with Gasteiger partial charge in [-0.2, -0.15) is 0 Å². The summed E-state index contributed by atoms with van der Waals surface area (Å²) in [7, 11) is 0. The Morgan fingerprint density at radius 3 is 1.54 bits per heavy atom. The average Bonchev–Trinajstić information content (AvgIpc) is 3.20. The van der Waals surface area contributed by atoms with Gasteiger partial charge in [-0.05, 0) is 73.9 Å². The zero-order chi connectivity index (χ0) is 24.2. The maximum absolute atomic E-state index is 11.3. The number of aryl methyl sites for hydroxylation is 2. The molecule has 1 aliphatic rings. The first kappa shape index (κ1) is 29.2. The van der Waals surface area contributed by atoms with Gasteiger partial charge in [0.25, 0.3) is 0 Å². The maximum Gasteiger partial charge on any atom is 0.210 e. The van der Waals surface area contributed by atoms with Crippen molar-refractivity contribution in [3.63, 3.8) is 0 Å². The summed E-state index contributed by atoms with van der Waals surface area (Å²) in [6.07, 6.45) is 18.0. The van der Waals surface area contributed by atoms with Crippen LogP contribution in [-0.2, 0) is 29.3 Å². The summed E-state index contributed by atoms with van der Waals surface area (Å²) < 4.78 is 1.43. The molecule has 3 rings (SSSR count). The minimum atomic E-state index is 0. The molecule has 0 fully saturated rings. The van der Waals surface area contributed by atoms with Crippen LogP contribution in [-0.4, -0.2) is 4.70 Å². The molecule has 0 unspecified atom stereocenters. The van der Waals surface area contributed by atoms with E-state index < -0.39 is 0 Å². The standard InChI is InChI=1S/C32H44N2.Ni/c1-4-7-10-12-14-26-17-21-28(22-18-26)31-25-30(16-9-6-3)32(34(31)33)29-23-19-27(20-24-29)15-13-11-8-5-2;/h17-25H,4-16H2,1-3H3;. The van der Waals surface area contributed by atoms with Crippen molar-refractivity contribution >= 4 is 11.4 Å². The van der Waals surface area contributed by atoms with Gasteiger partial charge in [-0.1, -0.05) is 90.0 Å². The van der Waals surface area contributed by atoms with E-state index in [0.717, 1.165) is 54.6 Å². The predicted molar refractivity (Wildman–Crippen MR) is 147 cm³/mol. The average molecular weight is 515 g/mol. The van der Waals surface area contributed by atoms with Crippen molar-refractivity contribution in [1.82, 2.24) is 0 Å². The normalized spacial score (nSPS) is 13.2. The largest absolute Gasteiger partial charge is 0.493 e. The Morgan fingerprint density at radius 2 is 1.06 bits per heavy atom. The van der Waals surface area contributed by atoms with Crippen molar-refractivity contribution in [3.8, 4) is 0 Å². The van der Waals surface area contributed by atoms with Crippen LogP contribution in [0.1, 0.15) is 114 Å². The van der Waals surface area contributed by atoms with Crippen LogP contribution in [0.3, 0.4) is 0 Å². The van der Waals surface area contributed by atoms with Gasteiger partial charge in [0.15, 0.2) is 0 Å². The molecule has 0 N–H and O–H groups in total. The molecule has 0 radical (unpaired) electrons. The molecule has 0 aliphatic carbocycles. The third-order valence-corrected chi connectivity index (χ3v) is 6.97. The van der Waals surface area contributed by atoms with Crippen LogP contribution in [0.5, 0.6) is 0 Å². The molecule has 0 saturated heterocycles. The summed E-state index contributed by atoms with van der Waals surface area (Å²) >= 11 is 0. The summed E-state index contributed by atoms with van der Waals surface area (Å²) in [5.41, 5.74) is 19.3. The number of unbranched alkanes of at least 4 members (excludes halogenated alkanes) is 7. The molecule has 192 valence electrons. The first-order valence-corrected chi connectivity index (χ1v) is 13.8. The molecule has 0 spiro atoms. The third kappa shape index (κ3) is 8.57. The molecular weight excluding hydrogens is 471 g/mol. The first-order valence-electron chi connectivity index (χ1n) is 13.8. The number of benzene rings is 2. The van der Waals surface area contributed by atoms with Crippen LogP contribution in [0.2, 0.25) is 0 Å². The van der Waals surface area contributed by atoms with Crippen molar-refractivity contribution in [3.05, 3.63) is 88.0 Å². The Bertz CT molecular complexity index is 968. The molecule has 2 aromatic carbocycles. The number of nitrogens with zero attached hydrogens (tertiary/aromatic N) is 2. The van der Waals surface area contributed by atoms with Gasteiger partial charge in [-0.3, -0.25) is 0 Å². The number of rotatable bonds is 15. The summed E-state index contributed by atoms with van der Waals surface area (Å²) in [5.74, 6) is 0. The van der Waals surface area contributed by atoms with E-state index in [2.05, 4.69) is 75.4 Å². The van der Waals surface area contributed by atoms with E-state index in [1.165, 1.54) is 72.8 Å². The van der Waals surface area contributed by atoms with Crippen LogP contribution >= 0.6 is 0 Å². The fraction of sp³-hybridized carbons (Fsp3) is 0.500. The molecule has 0 bridgehead atoms. The van der Waals surface area contributed by atoms with Crippen LogP contribution in [0, 0.1) is 0 Å². The van der Waals surface area contributed by atoms with Crippen molar-refractivity contribution in [1.29, 1.82) is 0 Å². The van der Waals surface area contributed by atoms with Crippen molar-refractivity contribution in [2.75, 3.05) is 0 Å². The fourth-order valence-corrected chi connectivity index (χ4v) is 4.81. The van der Waals surface area contributed by atoms with Gasteiger partial charge in [0.05, 0.1) is 0 Å². The molecule has 2 nitrogen and oxygen atoms in total. The number of hydrogen-bond donors (Lipinski definition) is 0. The van der Waals surface area contributed by atoms with Crippen molar-refractivity contribution in [2.45, 2.75) is 104 Å². The molecule has 0 aromatic heterocycles. The SMILES string of the molecule is CCCCCCc1ccc(C2=CC(CCCC)=C(c3ccc(CCCCCC)cc3)[N+]2=[N-])cc1.[Ni]. The molecule has 0 saturated carbocycles. The van der Waals surface area contributed by atoms with E-state index in [0.29, 0.717) is 0 Å². The predicted octanol–water partition coefficient (Wildman–Crippen LogP) is 9.92. The molecule has 1 heterocycles. The van der Waals surface area contributed by atoms with E-state index in [9.17, 15) is 5.53 Å². The molecule has 2 aromatic rings. The summed E-state index contributed by atoms with van der Waals surface area (Å²) in [6, 6.07) is 17.7. The van der Waals surface area contributed by atoms with Gasteiger partial charge in [0.2, 0.25) is 11.4 Å². The second-order valence-corrected chi connectivity index (χ2v) is 9.83. The molecule has 1 aliphatic heterocycles. The van der Waals surface area contributed by atoms with Gasteiger partial charge in [0.1, 0.15) is 0 Å². The summed E-state index contributed by atoms with van der Waals surface area (Å²) in [6.45, 7) is 6.74. The zero-order valence-corrected chi connectivity index (χ0v) is 23.1. The third-order valence-electron chi connectivity index (χ3n) is 6.97. The minimum absolute atomic E-state index is 0. The van der Waals surface area contributed by atoms with E-state index in [-0.39, 0.29) is 16.5 Å². The second-order valence-electron chi connectivity index (χ2n) is 9.83. The smallest absolute Gasteiger partial charge is 0.210 e. The summed E-state index contributed by atoms with van der Waals surface area (Å²) in [4.78, 5) is 0. The Hall–Kier alpha value is -1.99. The minimum Gasteiger partial charge on any atom is -0.493 e. The van der Waals surface area contributed by atoms with Crippen molar-refractivity contribution < 1.29 is 21.2 Å². The Morgan fingerprint density at radius 1 is 0.571 bits per heavy atom. The molecule has 35 heavy (non-hydrogen) atoms. The van der Waals surface area contributed by atoms with E-state index in [1.54, 1.807) is 0 Å². The van der Waals surface area contributed by atoms with Crippen molar-refractivity contribution in [2.24, 2.45) is 0 Å². The fourth-order valence-electron chi connectivity index (χ4n) is 4.81. The molecule has 3 heteroatoms. The Kier molecular flexibility index (Phi) is 13.3. The van der Waals surface area contributed by atoms with Gasteiger partial charge in [-0.25, -0.2) is 4.70 Å². The van der Waals surface area contributed by atoms with Crippen LogP contribution in [0.4, 0.5) is 0 Å². The van der Waals surface area contributed by atoms with Gasteiger partial charge in [-0.15, -0.1) is 0 Å². The molecule has 0 amide bonds. The van der Waals surface area contributed by atoms with E-state index in [1.807, 2.05) is 0 Å². The maximum atomic E-state index is 11.3. The quantitative estimate of drug-likeness (QED) is 0.128. The first-order chi connectivity index (χ1) is 16.7. The molecule has 0 atom stereocenters. The monoisotopic (exact) mass is 514 g/mol. The van der Waals surface area contributed by atoms with Crippen LogP contribution in [0.15, 0.2) is 60.2 Å². The van der Waals surface area contributed by atoms with E-state index >= 15 is 0 Å². The van der Waals surface area contributed by atoms with Crippen LogP contribution in [0.25, 0.3) is 16.9 Å². The number of hydrogen-bond acceptors (Lipinski definition) is 0. The zero-order valence-electron chi connectivity index (χ0n) is 22.1. The Labute approximate surface area is 224 Å². The van der Waals surface area contributed by atoms with Gasteiger partial charge < -0.3 is 5.53 Å². The van der Waals surface area contributed by atoms with Gasteiger partial charge >= 0.3 is 0 Å².